The van der Waals surface area contributed by atoms with Gasteiger partial charge in [0, 0.05) is 25.1 Å². The lowest BCUT2D eigenvalue weighted by Crippen LogP contribution is -2.30. The van der Waals surface area contributed by atoms with Crippen LogP contribution in [-0.4, -0.2) is 31.6 Å². The summed E-state index contributed by atoms with van der Waals surface area (Å²) in [6.45, 7) is 5.38. The Labute approximate surface area is 126 Å². The molecular formula is C16H23NO3S. The molecule has 5 heteroatoms. The number of benzene rings is 1. The number of ether oxygens (including phenoxy) is 1. The largest absolute Gasteiger partial charge is 0.487 e. The fourth-order valence-electron chi connectivity index (χ4n) is 3.27. The zero-order valence-electron chi connectivity index (χ0n) is 12.7. The van der Waals surface area contributed by atoms with Crippen molar-refractivity contribution in [2.45, 2.75) is 50.5 Å². The summed E-state index contributed by atoms with van der Waals surface area (Å²) >= 11 is 0. The molecule has 0 aliphatic carbocycles. The van der Waals surface area contributed by atoms with E-state index in [1.807, 2.05) is 6.07 Å². The van der Waals surface area contributed by atoms with Crippen LogP contribution in [0.4, 0.5) is 0 Å². The first kappa shape index (κ1) is 14.9. The number of hydrogen-bond acceptors (Lipinski definition) is 4. The summed E-state index contributed by atoms with van der Waals surface area (Å²) in [5.74, 6) is 1.32. The van der Waals surface area contributed by atoms with Gasteiger partial charge in [-0.25, -0.2) is 8.42 Å². The molecule has 21 heavy (non-hydrogen) atoms. The molecule has 116 valence electrons. The molecule has 3 rings (SSSR count). The second-order valence-corrected chi connectivity index (χ2v) is 9.11. The maximum absolute atomic E-state index is 11.8. The van der Waals surface area contributed by atoms with E-state index in [-0.39, 0.29) is 10.9 Å². The van der Waals surface area contributed by atoms with Crippen LogP contribution in [0.3, 0.4) is 0 Å². The fourth-order valence-corrected chi connectivity index (χ4v) is 5.07. The predicted molar refractivity (Wildman–Crippen MR) is 83.4 cm³/mol. The minimum atomic E-state index is -2.87. The van der Waals surface area contributed by atoms with E-state index in [0.29, 0.717) is 18.8 Å². The van der Waals surface area contributed by atoms with Crippen LogP contribution >= 0.6 is 0 Å². The summed E-state index contributed by atoms with van der Waals surface area (Å²) in [6.07, 6.45) is 2.51. The molecule has 1 aromatic carbocycles. The highest BCUT2D eigenvalue weighted by atomic mass is 32.2. The second kappa shape index (κ2) is 5.29. The predicted octanol–water partition coefficient (Wildman–Crippen LogP) is 2.07. The molecule has 0 aromatic heterocycles. The van der Waals surface area contributed by atoms with Crippen molar-refractivity contribution in [3.8, 4) is 5.75 Å². The monoisotopic (exact) mass is 309 g/mol. The van der Waals surface area contributed by atoms with Gasteiger partial charge in [-0.3, -0.25) is 0 Å². The van der Waals surface area contributed by atoms with Crippen LogP contribution in [0.5, 0.6) is 5.75 Å². The van der Waals surface area contributed by atoms with Crippen LogP contribution in [-0.2, 0) is 22.8 Å². The van der Waals surface area contributed by atoms with Crippen molar-refractivity contribution in [2.75, 3.05) is 12.3 Å². The molecule has 2 aliphatic rings. The molecule has 1 aromatic rings. The van der Waals surface area contributed by atoms with E-state index in [9.17, 15) is 8.42 Å². The zero-order chi connectivity index (χ0) is 15.1. The molecule has 0 saturated carbocycles. The quantitative estimate of drug-likeness (QED) is 0.925. The molecule has 0 amide bonds. The van der Waals surface area contributed by atoms with E-state index in [2.05, 4.69) is 31.3 Å². The molecule has 4 nitrogen and oxygen atoms in total. The first-order valence-electron chi connectivity index (χ1n) is 7.59. The third-order valence-electron chi connectivity index (χ3n) is 4.32. The van der Waals surface area contributed by atoms with Gasteiger partial charge in [0.25, 0.3) is 0 Å². The van der Waals surface area contributed by atoms with Crippen LogP contribution in [0.1, 0.15) is 37.8 Å². The average molecular weight is 309 g/mol. The summed E-state index contributed by atoms with van der Waals surface area (Å²) in [6, 6.07) is 6.21. The van der Waals surface area contributed by atoms with Gasteiger partial charge in [0.1, 0.15) is 11.4 Å². The van der Waals surface area contributed by atoms with Gasteiger partial charge < -0.3 is 10.1 Å². The molecule has 0 spiro atoms. The molecule has 1 saturated heterocycles. The number of nitrogens with one attached hydrogen (secondary N) is 1. The third-order valence-corrected chi connectivity index (χ3v) is 6.60. The van der Waals surface area contributed by atoms with Crippen molar-refractivity contribution >= 4 is 9.84 Å². The molecule has 1 N–H and O–H groups in total. The smallest absolute Gasteiger partial charge is 0.154 e. The average Bonchev–Trinajstić information content (AvgIpc) is 2.88. The number of hydrogen-bond donors (Lipinski definition) is 1. The van der Waals surface area contributed by atoms with Gasteiger partial charge in [0.15, 0.2) is 9.84 Å². The number of sulfone groups is 1. The van der Waals surface area contributed by atoms with E-state index >= 15 is 0 Å². The van der Waals surface area contributed by atoms with Crippen LogP contribution in [0.2, 0.25) is 0 Å². The Morgan fingerprint density at radius 1 is 1.38 bits per heavy atom. The molecular weight excluding hydrogens is 286 g/mol. The Morgan fingerprint density at radius 2 is 2.19 bits per heavy atom. The van der Waals surface area contributed by atoms with E-state index in [0.717, 1.165) is 30.6 Å². The van der Waals surface area contributed by atoms with Crippen molar-refractivity contribution in [3.63, 3.8) is 0 Å². The zero-order valence-corrected chi connectivity index (χ0v) is 13.5. The van der Waals surface area contributed by atoms with Gasteiger partial charge in [0.2, 0.25) is 0 Å². The van der Waals surface area contributed by atoms with Crippen molar-refractivity contribution in [1.82, 2.24) is 5.32 Å². The Hall–Kier alpha value is -1.07. The molecule has 0 bridgehead atoms. The van der Waals surface area contributed by atoms with Crippen molar-refractivity contribution in [3.05, 3.63) is 29.3 Å². The standard InChI is InChI=1S/C16H23NO3S/c1-16(2)9-12-5-3-6-13(15(12)20-16)10-17-11-14-7-4-8-21(14,18)19/h3,5-6,14,17H,4,7-11H2,1-2H3. The van der Waals surface area contributed by atoms with Gasteiger partial charge in [-0.15, -0.1) is 0 Å². The molecule has 1 unspecified atom stereocenters. The van der Waals surface area contributed by atoms with Gasteiger partial charge in [-0.1, -0.05) is 18.2 Å². The van der Waals surface area contributed by atoms with E-state index in [4.69, 9.17) is 4.74 Å². The number of fused-ring (bicyclic) bond motifs is 1. The summed E-state index contributed by atoms with van der Waals surface area (Å²) in [5.41, 5.74) is 2.22. The molecule has 1 atom stereocenters. The fraction of sp³-hybridized carbons (Fsp3) is 0.625. The molecule has 1 fully saturated rings. The van der Waals surface area contributed by atoms with Crippen LogP contribution in [0, 0.1) is 0 Å². The van der Waals surface area contributed by atoms with E-state index in [1.165, 1.54) is 5.56 Å². The lowest BCUT2D eigenvalue weighted by molar-refractivity contribution is 0.137. The van der Waals surface area contributed by atoms with Crippen LogP contribution in [0.25, 0.3) is 0 Å². The Bertz CT molecular complexity index is 637. The summed E-state index contributed by atoms with van der Waals surface area (Å²) in [4.78, 5) is 0. The van der Waals surface area contributed by atoms with Gasteiger partial charge in [0.05, 0.1) is 11.0 Å². The van der Waals surface area contributed by atoms with Gasteiger partial charge >= 0.3 is 0 Å². The van der Waals surface area contributed by atoms with E-state index in [1.54, 1.807) is 0 Å². The Morgan fingerprint density at radius 3 is 2.90 bits per heavy atom. The molecule has 2 heterocycles. The lowest BCUT2D eigenvalue weighted by atomic mass is 10.0. The van der Waals surface area contributed by atoms with E-state index < -0.39 is 9.84 Å². The number of para-hydroxylation sites is 1. The maximum Gasteiger partial charge on any atom is 0.154 e. The van der Waals surface area contributed by atoms with Crippen LogP contribution in [0.15, 0.2) is 18.2 Å². The first-order valence-corrected chi connectivity index (χ1v) is 9.31. The van der Waals surface area contributed by atoms with Crippen LogP contribution < -0.4 is 10.1 Å². The maximum atomic E-state index is 11.8. The Balaban J connectivity index is 1.64. The van der Waals surface area contributed by atoms with Crippen molar-refractivity contribution in [1.29, 1.82) is 0 Å². The minimum Gasteiger partial charge on any atom is -0.487 e. The third kappa shape index (κ3) is 3.09. The number of rotatable bonds is 4. The molecule has 2 aliphatic heterocycles. The topological polar surface area (TPSA) is 55.4 Å². The van der Waals surface area contributed by atoms with Gasteiger partial charge in [-0.05, 0) is 32.3 Å². The highest BCUT2D eigenvalue weighted by molar-refractivity contribution is 7.92. The summed E-state index contributed by atoms with van der Waals surface area (Å²) in [7, 11) is -2.87. The lowest BCUT2D eigenvalue weighted by Gasteiger charge is -2.18. The summed E-state index contributed by atoms with van der Waals surface area (Å²) in [5, 5.41) is 3.08. The molecule has 0 radical (unpaired) electrons. The summed E-state index contributed by atoms with van der Waals surface area (Å²) < 4.78 is 29.7. The van der Waals surface area contributed by atoms with Crippen molar-refractivity contribution in [2.24, 2.45) is 0 Å². The van der Waals surface area contributed by atoms with Gasteiger partial charge in [-0.2, -0.15) is 0 Å². The SMILES string of the molecule is CC1(C)Cc2cccc(CNCC3CCCS3(=O)=O)c2O1. The Kier molecular flexibility index (Phi) is 3.74. The second-order valence-electron chi connectivity index (χ2n) is 6.71. The normalized spacial score (nSPS) is 25.5. The first-order chi connectivity index (χ1) is 9.87. The highest BCUT2D eigenvalue weighted by Gasteiger charge is 2.32. The minimum absolute atomic E-state index is 0.146. The highest BCUT2D eigenvalue weighted by Crippen LogP contribution is 2.37. The van der Waals surface area contributed by atoms with Crippen molar-refractivity contribution < 1.29 is 13.2 Å².